The molecule has 1 aromatic carbocycles. The third-order valence-electron chi connectivity index (χ3n) is 5.32. The molecule has 0 unspecified atom stereocenters. The van der Waals surface area contributed by atoms with E-state index in [0.717, 1.165) is 36.5 Å². The van der Waals surface area contributed by atoms with E-state index in [2.05, 4.69) is 28.4 Å². The van der Waals surface area contributed by atoms with Gasteiger partial charge in [-0.1, -0.05) is 12.8 Å². The maximum absolute atomic E-state index is 12.6. The molecule has 1 amide bonds. The van der Waals surface area contributed by atoms with Crippen molar-refractivity contribution in [2.24, 2.45) is 0 Å². The average Bonchev–Trinajstić information content (AvgIpc) is 2.89. The van der Waals surface area contributed by atoms with Crippen molar-refractivity contribution in [3.63, 3.8) is 0 Å². The lowest BCUT2D eigenvalue weighted by atomic mass is 9.99. The zero-order valence-corrected chi connectivity index (χ0v) is 15.5. The number of carbonyl (C=O) groups is 1. The van der Waals surface area contributed by atoms with Gasteiger partial charge in [-0.05, 0) is 74.4 Å². The predicted molar refractivity (Wildman–Crippen MR) is 106 cm³/mol. The molecule has 1 N–H and O–H groups in total. The first kappa shape index (κ1) is 16.6. The van der Waals surface area contributed by atoms with Crippen molar-refractivity contribution in [3.8, 4) is 0 Å². The van der Waals surface area contributed by atoms with Gasteiger partial charge in [-0.3, -0.25) is 4.79 Å². The fourth-order valence-electron chi connectivity index (χ4n) is 3.88. The number of thiophene rings is 1. The van der Waals surface area contributed by atoms with E-state index >= 15 is 0 Å². The minimum absolute atomic E-state index is 0.0296. The summed E-state index contributed by atoms with van der Waals surface area (Å²) in [5.74, 6) is 0.0296. The fourth-order valence-corrected chi connectivity index (χ4v) is 5.03. The van der Waals surface area contributed by atoms with Gasteiger partial charge in [-0.2, -0.15) is 0 Å². The normalized spacial score (nSPS) is 17.7. The highest BCUT2D eigenvalue weighted by molar-refractivity contribution is 7.14. The van der Waals surface area contributed by atoms with Crippen LogP contribution in [0, 0.1) is 0 Å². The van der Waals surface area contributed by atoms with Crippen molar-refractivity contribution < 1.29 is 4.79 Å². The largest absolute Gasteiger partial charge is 0.372 e. The monoisotopic (exact) mass is 354 g/mol. The summed E-state index contributed by atoms with van der Waals surface area (Å²) < 4.78 is 0. The Morgan fingerprint density at radius 1 is 0.920 bits per heavy atom. The van der Waals surface area contributed by atoms with Crippen LogP contribution in [0.25, 0.3) is 0 Å². The molecule has 0 saturated carbocycles. The minimum atomic E-state index is 0.0296. The first-order valence-electron chi connectivity index (χ1n) is 9.57. The Kier molecular flexibility index (Phi) is 5.07. The smallest absolute Gasteiger partial charge is 0.265 e. The lowest BCUT2D eigenvalue weighted by Gasteiger charge is -2.22. The first-order chi connectivity index (χ1) is 12.3. The van der Waals surface area contributed by atoms with Gasteiger partial charge in [0.25, 0.3) is 5.91 Å². The zero-order valence-electron chi connectivity index (χ0n) is 14.7. The second-order valence-corrected chi connectivity index (χ2v) is 8.31. The molecular weight excluding hydrogens is 328 g/mol. The maximum Gasteiger partial charge on any atom is 0.265 e. The Bertz CT molecular complexity index is 703. The molecule has 2 aromatic rings. The number of hydrogen-bond acceptors (Lipinski definition) is 3. The van der Waals surface area contributed by atoms with E-state index in [4.69, 9.17) is 0 Å². The number of nitrogens with one attached hydrogen (secondary N) is 1. The first-order valence-corrected chi connectivity index (χ1v) is 10.4. The van der Waals surface area contributed by atoms with E-state index < -0.39 is 0 Å². The van der Waals surface area contributed by atoms with E-state index in [0.29, 0.717) is 0 Å². The van der Waals surface area contributed by atoms with Crippen LogP contribution in [0.5, 0.6) is 0 Å². The number of nitrogens with zero attached hydrogens (tertiary/aromatic N) is 1. The Hall–Kier alpha value is -1.81. The number of carbonyl (C=O) groups excluding carboxylic acids is 1. The van der Waals surface area contributed by atoms with E-state index in [-0.39, 0.29) is 5.91 Å². The quantitative estimate of drug-likeness (QED) is 0.815. The summed E-state index contributed by atoms with van der Waals surface area (Å²) in [4.78, 5) is 17.3. The zero-order chi connectivity index (χ0) is 17.1. The Labute approximate surface area is 154 Å². The van der Waals surface area contributed by atoms with E-state index in [1.165, 1.54) is 54.7 Å². The summed E-state index contributed by atoms with van der Waals surface area (Å²) in [5.41, 5.74) is 3.54. The number of anilines is 2. The second kappa shape index (κ2) is 7.61. The second-order valence-electron chi connectivity index (χ2n) is 7.17. The highest BCUT2D eigenvalue weighted by Gasteiger charge is 2.17. The van der Waals surface area contributed by atoms with Crippen LogP contribution >= 0.6 is 11.3 Å². The number of aryl methyl sites for hydroxylation is 2. The molecular formula is C21H26N2OS. The van der Waals surface area contributed by atoms with Crippen LogP contribution < -0.4 is 10.2 Å². The van der Waals surface area contributed by atoms with E-state index in [1.807, 2.05) is 12.1 Å². The maximum atomic E-state index is 12.6. The third-order valence-corrected chi connectivity index (χ3v) is 6.55. The summed E-state index contributed by atoms with van der Waals surface area (Å²) in [6.07, 6.45) is 10.0. The molecule has 1 saturated heterocycles. The molecule has 0 bridgehead atoms. The molecule has 2 aliphatic rings. The van der Waals surface area contributed by atoms with Gasteiger partial charge in [0.1, 0.15) is 0 Å². The summed E-state index contributed by atoms with van der Waals surface area (Å²) in [7, 11) is 0. The molecule has 3 nitrogen and oxygen atoms in total. The van der Waals surface area contributed by atoms with Crippen molar-refractivity contribution in [2.75, 3.05) is 23.3 Å². The van der Waals surface area contributed by atoms with Gasteiger partial charge in [0.2, 0.25) is 0 Å². The number of hydrogen-bond donors (Lipinski definition) is 1. The molecule has 4 rings (SSSR count). The molecule has 1 fully saturated rings. The van der Waals surface area contributed by atoms with Crippen molar-refractivity contribution in [1.82, 2.24) is 0 Å². The standard InChI is InChI=1S/C21H26N2OS/c24-21(20-15-16-7-3-4-8-19(16)25-20)22-17-9-11-18(12-10-17)23-13-5-1-2-6-14-23/h9-12,15H,1-8,13-14H2,(H,22,24). The molecule has 0 radical (unpaired) electrons. The summed E-state index contributed by atoms with van der Waals surface area (Å²) in [6.45, 7) is 2.29. The number of amides is 1. The summed E-state index contributed by atoms with van der Waals surface area (Å²) in [5, 5.41) is 3.06. The lowest BCUT2D eigenvalue weighted by molar-refractivity contribution is 0.103. The molecule has 25 heavy (non-hydrogen) atoms. The van der Waals surface area contributed by atoms with Gasteiger partial charge in [-0.15, -0.1) is 11.3 Å². The lowest BCUT2D eigenvalue weighted by Crippen LogP contribution is -2.23. The number of rotatable bonds is 3. The van der Waals surface area contributed by atoms with Crippen LogP contribution in [0.1, 0.15) is 58.6 Å². The Morgan fingerprint density at radius 3 is 2.36 bits per heavy atom. The topological polar surface area (TPSA) is 32.3 Å². The number of benzene rings is 1. The van der Waals surface area contributed by atoms with Crippen LogP contribution in [-0.2, 0) is 12.8 Å². The van der Waals surface area contributed by atoms with Gasteiger partial charge < -0.3 is 10.2 Å². The van der Waals surface area contributed by atoms with Crippen molar-refractivity contribution in [2.45, 2.75) is 51.4 Å². The molecule has 0 atom stereocenters. The Balaban J connectivity index is 1.42. The molecule has 1 aliphatic carbocycles. The predicted octanol–water partition coefficient (Wildman–Crippen LogP) is 5.26. The minimum Gasteiger partial charge on any atom is -0.372 e. The molecule has 2 heterocycles. The molecule has 1 aromatic heterocycles. The molecule has 4 heteroatoms. The van der Waals surface area contributed by atoms with Gasteiger partial charge in [0.05, 0.1) is 4.88 Å². The Morgan fingerprint density at radius 2 is 1.64 bits per heavy atom. The molecule has 132 valence electrons. The highest BCUT2D eigenvalue weighted by Crippen LogP contribution is 2.30. The van der Waals surface area contributed by atoms with E-state index in [9.17, 15) is 4.79 Å². The fraction of sp³-hybridized carbons (Fsp3) is 0.476. The summed E-state index contributed by atoms with van der Waals surface area (Å²) in [6, 6.07) is 10.4. The van der Waals surface area contributed by atoms with Crippen LogP contribution in [0.4, 0.5) is 11.4 Å². The number of fused-ring (bicyclic) bond motifs is 1. The van der Waals surface area contributed by atoms with E-state index in [1.54, 1.807) is 11.3 Å². The van der Waals surface area contributed by atoms with Gasteiger partial charge in [0, 0.05) is 29.3 Å². The van der Waals surface area contributed by atoms with Crippen LogP contribution in [-0.4, -0.2) is 19.0 Å². The summed E-state index contributed by atoms with van der Waals surface area (Å²) >= 11 is 1.67. The average molecular weight is 355 g/mol. The third kappa shape index (κ3) is 3.90. The van der Waals surface area contributed by atoms with Gasteiger partial charge in [-0.25, -0.2) is 0 Å². The molecule has 0 spiro atoms. The molecule has 1 aliphatic heterocycles. The highest BCUT2D eigenvalue weighted by atomic mass is 32.1. The van der Waals surface area contributed by atoms with Gasteiger partial charge >= 0.3 is 0 Å². The van der Waals surface area contributed by atoms with Crippen molar-refractivity contribution >= 4 is 28.6 Å². The van der Waals surface area contributed by atoms with Gasteiger partial charge in [0.15, 0.2) is 0 Å². The van der Waals surface area contributed by atoms with Crippen molar-refractivity contribution in [3.05, 3.63) is 45.6 Å². The van der Waals surface area contributed by atoms with Crippen molar-refractivity contribution in [1.29, 1.82) is 0 Å². The SMILES string of the molecule is O=C(Nc1ccc(N2CCCCCC2)cc1)c1cc2c(s1)CCCC2. The van der Waals surface area contributed by atoms with Crippen LogP contribution in [0.2, 0.25) is 0 Å². The van der Waals surface area contributed by atoms with Crippen LogP contribution in [0.3, 0.4) is 0 Å². The van der Waals surface area contributed by atoms with Crippen LogP contribution in [0.15, 0.2) is 30.3 Å².